The van der Waals surface area contributed by atoms with Crippen LogP contribution in [0.15, 0.2) is 54.8 Å². The molecule has 4 nitrogen and oxygen atoms in total. The first-order valence-electron chi connectivity index (χ1n) is 13.8. The van der Waals surface area contributed by atoms with Gasteiger partial charge in [-0.1, -0.05) is 55.4 Å². The molecule has 0 saturated carbocycles. The number of piperidine rings is 1. The molecule has 1 fully saturated rings. The summed E-state index contributed by atoms with van der Waals surface area (Å²) in [6.07, 6.45) is -1.76. The summed E-state index contributed by atoms with van der Waals surface area (Å²) < 4.78 is 58.1. The van der Waals surface area contributed by atoms with Gasteiger partial charge in [-0.15, -0.1) is 0 Å². The van der Waals surface area contributed by atoms with Crippen molar-refractivity contribution in [2.24, 2.45) is 5.92 Å². The standard InChI is InChI=1S/C31H41ClF4N4/c1-7-22-10-9-11-24(18-22)29(31(34,35)36)27(8-2)39(6)20-25(33)19-23-14-16-40(17-15-23)28-13-12-26(30(32)37-28)21(3)38(4)5/h8-13,18,23,25,29H,3,7,14-17,19-20H2,1-2,4-6H3/b27-8+. The van der Waals surface area contributed by atoms with Gasteiger partial charge in [0.2, 0.25) is 0 Å². The van der Waals surface area contributed by atoms with Crippen LogP contribution in [0.4, 0.5) is 23.4 Å². The summed E-state index contributed by atoms with van der Waals surface area (Å²) in [5, 5.41) is 0.392. The van der Waals surface area contributed by atoms with E-state index >= 15 is 4.39 Å². The van der Waals surface area contributed by atoms with Crippen LogP contribution in [0.1, 0.15) is 55.7 Å². The largest absolute Gasteiger partial charge is 0.401 e. The van der Waals surface area contributed by atoms with Gasteiger partial charge in [0, 0.05) is 57.7 Å². The molecule has 1 aromatic heterocycles. The number of allylic oxidation sites excluding steroid dienone is 2. The highest BCUT2D eigenvalue weighted by atomic mass is 35.5. The van der Waals surface area contributed by atoms with Gasteiger partial charge in [-0.05, 0) is 61.8 Å². The highest BCUT2D eigenvalue weighted by Gasteiger charge is 2.44. The van der Waals surface area contributed by atoms with Crippen LogP contribution in [0.2, 0.25) is 5.15 Å². The van der Waals surface area contributed by atoms with Crippen molar-refractivity contribution in [1.82, 2.24) is 14.8 Å². The molecule has 0 aliphatic carbocycles. The minimum Gasteiger partial charge on any atom is -0.378 e. The van der Waals surface area contributed by atoms with E-state index in [-0.39, 0.29) is 23.7 Å². The third-order valence-corrected chi connectivity index (χ3v) is 8.02. The summed E-state index contributed by atoms with van der Waals surface area (Å²) in [5.41, 5.74) is 2.65. The number of nitrogens with zero attached hydrogens (tertiary/aromatic N) is 4. The number of pyridine rings is 1. The van der Waals surface area contributed by atoms with Crippen LogP contribution < -0.4 is 4.90 Å². The minimum atomic E-state index is -4.49. The first-order chi connectivity index (χ1) is 18.8. The van der Waals surface area contributed by atoms with Gasteiger partial charge in [0.1, 0.15) is 23.1 Å². The monoisotopic (exact) mass is 580 g/mol. The van der Waals surface area contributed by atoms with Crippen molar-refractivity contribution in [2.45, 2.75) is 57.8 Å². The fourth-order valence-electron chi connectivity index (χ4n) is 5.42. The average molecular weight is 581 g/mol. The zero-order valence-corrected chi connectivity index (χ0v) is 24.9. The molecule has 2 heterocycles. The third kappa shape index (κ3) is 7.93. The molecule has 0 N–H and O–H groups in total. The van der Waals surface area contributed by atoms with E-state index in [2.05, 4.69) is 16.5 Å². The Morgan fingerprint density at radius 3 is 2.40 bits per heavy atom. The lowest BCUT2D eigenvalue weighted by molar-refractivity contribution is -0.146. The highest BCUT2D eigenvalue weighted by molar-refractivity contribution is 6.31. The molecule has 2 aromatic rings. The first-order valence-corrected chi connectivity index (χ1v) is 14.2. The number of benzene rings is 1. The predicted molar refractivity (Wildman–Crippen MR) is 157 cm³/mol. The molecule has 2 unspecified atom stereocenters. The van der Waals surface area contributed by atoms with Crippen molar-refractivity contribution in [3.63, 3.8) is 0 Å². The zero-order valence-electron chi connectivity index (χ0n) is 24.1. The maximum absolute atomic E-state index is 15.3. The van der Waals surface area contributed by atoms with Crippen LogP contribution in [0.25, 0.3) is 5.70 Å². The van der Waals surface area contributed by atoms with Gasteiger partial charge in [0.15, 0.2) is 0 Å². The number of likely N-dealkylation sites (N-methyl/N-ethyl adjacent to an activating group) is 1. The first kappa shape index (κ1) is 31.8. The summed E-state index contributed by atoms with van der Waals surface area (Å²) in [7, 11) is 5.34. The number of aromatic nitrogens is 1. The molecule has 1 aromatic carbocycles. The molecule has 3 rings (SSSR count). The normalized spacial score (nSPS) is 16.6. The molecule has 9 heteroatoms. The van der Waals surface area contributed by atoms with E-state index in [1.807, 2.05) is 44.1 Å². The third-order valence-electron chi connectivity index (χ3n) is 7.74. The van der Waals surface area contributed by atoms with Crippen LogP contribution in [-0.4, -0.2) is 67.9 Å². The van der Waals surface area contributed by atoms with Crippen LogP contribution in [0.5, 0.6) is 0 Å². The second-order valence-electron chi connectivity index (χ2n) is 10.8. The SMILES string of the molecule is C=C(c1ccc(N2CCC(CC(F)CN(C)/C(=C/C)C(c3cccc(CC)c3)C(F)(F)F)CC2)nc1Cl)N(C)C. The Balaban J connectivity index is 1.60. The Morgan fingerprint density at radius 2 is 1.85 bits per heavy atom. The molecular formula is C31H41ClF4N4. The van der Waals surface area contributed by atoms with E-state index in [0.717, 1.165) is 35.5 Å². The lowest BCUT2D eigenvalue weighted by Gasteiger charge is -2.35. The Hall–Kier alpha value is -2.74. The predicted octanol–water partition coefficient (Wildman–Crippen LogP) is 7.96. The summed E-state index contributed by atoms with van der Waals surface area (Å²) in [5.74, 6) is -0.875. The molecule has 1 aliphatic heterocycles. The van der Waals surface area contributed by atoms with E-state index in [1.165, 1.54) is 17.0 Å². The summed E-state index contributed by atoms with van der Waals surface area (Å²) in [6, 6.07) is 10.4. The minimum absolute atomic E-state index is 0.0709. The van der Waals surface area contributed by atoms with Gasteiger partial charge in [0.05, 0.1) is 0 Å². The molecule has 40 heavy (non-hydrogen) atoms. The number of aryl methyl sites for hydroxylation is 1. The number of alkyl halides is 4. The summed E-state index contributed by atoms with van der Waals surface area (Å²) in [4.78, 5) is 10.0. The number of hydrogen-bond donors (Lipinski definition) is 0. The van der Waals surface area contributed by atoms with Gasteiger partial charge >= 0.3 is 6.18 Å². The maximum Gasteiger partial charge on any atom is 0.401 e. The van der Waals surface area contributed by atoms with Gasteiger partial charge in [-0.3, -0.25) is 0 Å². The molecule has 2 atom stereocenters. The Kier molecular flexibility index (Phi) is 10.9. The summed E-state index contributed by atoms with van der Waals surface area (Å²) >= 11 is 6.42. The highest BCUT2D eigenvalue weighted by Crippen LogP contribution is 2.42. The Bertz CT molecular complexity index is 1170. The van der Waals surface area contributed by atoms with Gasteiger partial charge in [0.25, 0.3) is 0 Å². The topological polar surface area (TPSA) is 22.6 Å². The fraction of sp³-hybridized carbons (Fsp3) is 0.516. The zero-order chi connectivity index (χ0) is 29.6. The second-order valence-corrected chi connectivity index (χ2v) is 11.1. The van der Waals surface area contributed by atoms with Crippen LogP contribution in [0.3, 0.4) is 0 Å². The van der Waals surface area contributed by atoms with Gasteiger partial charge in [-0.25, -0.2) is 9.37 Å². The van der Waals surface area contributed by atoms with Crippen LogP contribution in [0, 0.1) is 5.92 Å². The van der Waals surface area contributed by atoms with Crippen molar-refractivity contribution in [1.29, 1.82) is 0 Å². The van der Waals surface area contributed by atoms with Crippen LogP contribution >= 0.6 is 11.6 Å². The van der Waals surface area contributed by atoms with Crippen molar-refractivity contribution in [2.75, 3.05) is 45.7 Å². The molecule has 220 valence electrons. The van der Waals surface area contributed by atoms with Crippen molar-refractivity contribution in [3.8, 4) is 0 Å². The Morgan fingerprint density at radius 1 is 1.18 bits per heavy atom. The van der Waals surface area contributed by atoms with Crippen molar-refractivity contribution >= 4 is 23.1 Å². The van der Waals surface area contributed by atoms with E-state index in [1.54, 1.807) is 26.1 Å². The molecule has 1 saturated heterocycles. The van der Waals surface area contributed by atoms with Crippen molar-refractivity contribution < 1.29 is 17.6 Å². The molecule has 0 radical (unpaired) electrons. The van der Waals surface area contributed by atoms with Crippen LogP contribution in [-0.2, 0) is 6.42 Å². The van der Waals surface area contributed by atoms with Crippen molar-refractivity contribution in [3.05, 3.63) is 76.6 Å². The fourth-order valence-corrected chi connectivity index (χ4v) is 5.68. The van der Waals surface area contributed by atoms with Gasteiger partial charge in [-0.2, -0.15) is 13.2 Å². The smallest absolute Gasteiger partial charge is 0.378 e. The number of anilines is 1. The molecular weight excluding hydrogens is 540 g/mol. The lowest BCUT2D eigenvalue weighted by atomic mass is 9.90. The molecule has 0 bridgehead atoms. The number of rotatable bonds is 11. The molecule has 1 aliphatic rings. The second kappa shape index (κ2) is 13.7. The number of hydrogen-bond acceptors (Lipinski definition) is 4. The quantitative estimate of drug-likeness (QED) is 0.199. The Labute approximate surface area is 241 Å². The molecule has 0 spiro atoms. The van der Waals surface area contributed by atoms with E-state index in [4.69, 9.17) is 11.6 Å². The maximum atomic E-state index is 15.3. The lowest BCUT2D eigenvalue weighted by Crippen LogP contribution is -2.37. The van der Waals surface area contributed by atoms with Gasteiger partial charge < -0.3 is 14.7 Å². The van der Waals surface area contributed by atoms with E-state index < -0.39 is 18.3 Å². The van der Waals surface area contributed by atoms with E-state index in [0.29, 0.717) is 31.1 Å². The summed E-state index contributed by atoms with van der Waals surface area (Å²) in [6.45, 7) is 8.87. The average Bonchev–Trinajstić information content (AvgIpc) is 2.90. The number of halogens is 5. The molecule has 0 amide bonds. The van der Waals surface area contributed by atoms with E-state index in [9.17, 15) is 13.2 Å².